The number of carbonyl (C=O) groups excluding carboxylic acids is 3. The van der Waals surface area contributed by atoms with Gasteiger partial charge in [-0.3, -0.25) is 22.7 Å². The van der Waals surface area contributed by atoms with E-state index in [1.165, 1.54) is 0 Å². The minimum absolute atomic E-state index is 0.0807. The number of rotatable bonds is 10. The van der Waals surface area contributed by atoms with Crippen LogP contribution >= 0.6 is 12.3 Å². The summed E-state index contributed by atoms with van der Waals surface area (Å²) < 4.78 is 46.7. The summed E-state index contributed by atoms with van der Waals surface area (Å²) in [6, 6.07) is -0.872. The second kappa shape index (κ2) is 11.6. The van der Waals surface area contributed by atoms with Crippen molar-refractivity contribution >= 4 is 30.0 Å². The van der Waals surface area contributed by atoms with E-state index in [0.717, 1.165) is 6.42 Å². The highest BCUT2D eigenvalue weighted by Gasteiger charge is 2.44. The number of hydrogen-bond donors (Lipinski definition) is 3. The Bertz CT molecular complexity index is 575. The first kappa shape index (κ1) is 25.5. The Morgan fingerprint density at radius 1 is 0.966 bits per heavy atom. The van der Waals surface area contributed by atoms with Crippen molar-refractivity contribution in [3.63, 3.8) is 0 Å². The van der Waals surface area contributed by atoms with Crippen LogP contribution in [-0.4, -0.2) is 55.2 Å². The van der Waals surface area contributed by atoms with Gasteiger partial charge in [0.15, 0.2) is 24.5 Å². The van der Waals surface area contributed by atoms with Gasteiger partial charge in [-0.15, -0.1) is 0 Å². The lowest BCUT2D eigenvalue weighted by Gasteiger charge is -2.23. The summed E-state index contributed by atoms with van der Waals surface area (Å²) in [6.45, 7) is 6.66. The van der Waals surface area contributed by atoms with Gasteiger partial charge in [-0.1, -0.05) is 27.7 Å². The maximum atomic E-state index is 12.5. The summed E-state index contributed by atoms with van der Waals surface area (Å²) in [5.41, 5.74) is 0. The van der Waals surface area contributed by atoms with Crippen LogP contribution < -0.4 is 16.0 Å². The van der Waals surface area contributed by atoms with E-state index in [0.29, 0.717) is 31.2 Å². The Kier molecular flexibility index (Phi) is 10.2. The van der Waals surface area contributed by atoms with Crippen LogP contribution in [-0.2, 0) is 22.7 Å². The molecule has 0 spiro atoms. The van der Waals surface area contributed by atoms with Gasteiger partial charge in [0.1, 0.15) is 12.6 Å². The normalized spacial score (nSPS) is 20.6. The molecule has 1 rings (SSSR count). The van der Waals surface area contributed by atoms with Crippen molar-refractivity contribution in [2.75, 3.05) is 13.1 Å². The quantitative estimate of drug-likeness (QED) is 0.444. The molecule has 168 valence electrons. The predicted molar refractivity (Wildman–Crippen MR) is 100 cm³/mol. The smallest absolute Gasteiger partial charge is 0.354 e. The summed E-state index contributed by atoms with van der Waals surface area (Å²) in [6.07, 6.45) is -6.54. The lowest BCUT2D eigenvalue weighted by atomic mass is 10.0. The maximum absolute atomic E-state index is 12.5. The molecular formula is C17H28F3N3O5S. The summed E-state index contributed by atoms with van der Waals surface area (Å²) in [5, 5.41) is 6.92. The molecule has 0 radical (unpaired) electrons. The van der Waals surface area contributed by atoms with E-state index in [-0.39, 0.29) is 11.8 Å². The third-order valence-corrected chi connectivity index (χ3v) is 4.47. The van der Waals surface area contributed by atoms with E-state index in [2.05, 4.69) is 10.6 Å². The van der Waals surface area contributed by atoms with Crippen molar-refractivity contribution in [3.8, 4) is 0 Å². The molecule has 1 aliphatic rings. The fourth-order valence-corrected chi connectivity index (χ4v) is 3.01. The molecule has 0 aromatic rings. The minimum Gasteiger partial charge on any atom is -0.354 e. The highest BCUT2D eigenvalue weighted by atomic mass is 32.2. The molecule has 0 bridgehead atoms. The first-order chi connectivity index (χ1) is 13.4. The molecule has 1 saturated heterocycles. The first-order valence-corrected chi connectivity index (χ1v) is 9.98. The van der Waals surface area contributed by atoms with Gasteiger partial charge in [0, 0.05) is 6.54 Å². The van der Waals surface area contributed by atoms with Gasteiger partial charge >= 0.3 is 6.18 Å². The lowest BCUT2D eigenvalue weighted by Crippen LogP contribution is -2.54. The van der Waals surface area contributed by atoms with Crippen LogP contribution in [0.1, 0.15) is 40.5 Å². The van der Waals surface area contributed by atoms with Crippen LogP contribution in [0.4, 0.5) is 13.2 Å². The van der Waals surface area contributed by atoms with Crippen LogP contribution in [0.5, 0.6) is 0 Å². The number of alkyl halides is 3. The van der Waals surface area contributed by atoms with E-state index >= 15 is 0 Å². The van der Waals surface area contributed by atoms with Crippen LogP contribution in [0, 0.1) is 11.8 Å². The number of hydrogen-bond acceptors (Lipinski definition) is 6. The molecule has 12 heteroatoms. The average molecular weight is 443 g/mol. The van der Waals surface area contributed by atoms with Crippen LogP contribution in [0.3, 0.4) is 0 Å². The fraction of sp³-hybridized carbons (Fsp3) is 0.824. The van der Waals surface area contributed by atoms with Gasteiger partial charge < -0.3 is 16.0 Å². The van der Waals surface area contributed by atoms with Gasteiger partial charge in [0.2, 0.25) is 5.91 Å². The zero-order valence-corrected chi connectivity index (χ0v) is 17.6. The van der Waals surface area contributed by atoms with E-state index < -0.39 is 42.8 Å². The molecule has 0 unspecified atom stereocenters. The molecule has 0 aliphatic carbocycles. The van der Waals surface area contributed by atoms with Crippen LogP contribution in [0.2, 0.25) is 0 Å². The second-order valence-corrected chi connectivity index (χ2v) is 8.12. The zero-order valence-electron chi connectivity index (χ0n) is 16.8. The first-order valence-electron chi connectivity index (χ1n) is 9.32. The second-order valence-electron chi connectivity index (χ2n) is 7.60. The molecule has 3 atom stereocenters. The Hall–Kier alpha value is -1.53. The standard InChI is InChI=1S/C17H28F3N3O5S/c1-9(2)5-6-21-14(24)11(7-10(3)4)23-16(26)13-12(27-29-28-13)15(25)22-8-17(18,19)20/h9-13H,5-8H2,1-4H3,(H,21,24)(H,22,25)(H,23,26)/t11-,12-,13-/m0/s1. The third-order valence-electron chi connectivity index (χ3n) is 3.90. The molecule has 8 nitrogen and oxygen atoms in total. The molecule has 1 fully saturated rings. The largest absolute Gasteiger partial charge is 0.405 e. The van der Waals surface area contributed by atoms with E-state index in [1.807, 2.05) is 27.7 Å². The number of amides is 3. The predicted octanol–water partition coefficient (Wildman–Crippen LogP) is 1.71. The van der Waals surface area contributed by atoms with Crippen molar-refractivity contribution in [2.24, 2.45) is 11.8 Å². The molecular weight excluding hydrogens is 415 g/mol. The Morgan fingerprint density at radius 2 is 1.55 bits per heavy atom. The molecule has 0 aromatic heterocycles. The van der Waals surface area contributed by atoms with Gasteiger partial charge in [0.05, 0.1) is 0 Å². The average Bonchev–Trinajstić information content (AvgIpc) is 3.07. The van der Waals surface area contributed by atoms with E-state index in [1.54, 1.807) is 5.32 Å². The molecule has 3 N–H and O–H groups in total. The van der Waals surface area contributed by atoms with Gasteiger partial charge in [0.25, 0.3) is 11.8 Å². The lowest BCUT2D eigenvalue weighted by molar-refractivity contribution is -0.146. The topological polar surface area (TPSA) is 106 Å². The van der Waals surface area contributed by atoms with Crippen LogP contribution in [0.15, 0.2) is 0 Å². The monoisotopic (exact) mass is 443 g/mol. The summed E-state index contributed by atoms with van der Waals surface area (Å²) in [4.78, 5) is 36.9. The fourth-order valence-electron chi connectivity index (χ4n) is 2.42. The van der Waals surface area contributed by atoms with Gasteiger partial charge in [-0.05, 0) is 24.7 Å². The number of nitrogens with one attached hydrogen (secondary N) is 3. The molecule has 0 saturated carbocycles. The molecule has 0 aromatic carbocycles. The summed E-state index contributed by atoms with van der Waals surface area (Å²) in [5.74, 6) is -1.85. The summed E-state index contributed by atoms with van der Waals surface area (Å²) in [7, 11) is 0. The Morgan fingerprint density at radius 3 is 2.07 bits per heavy atom. The molecule has 29 heavy (non-hydrogen) atoms. The minimum atomic E-state index is -4.60. The van der Waals surface area contributed by atoms with E-state index in [9.17, 15) is 27.6 Å². The molecule has 3 amide bonds. The van der Waals surface area contributed by atoms with Crippen molar-refractivity contribution in [3.05, 3.63) is 0 Å². The van der Waals surface area contributed by atoms with Crippen molar-refractivity contribution < 1.29 is 35.9 Å². The van der Waals surface area contributed by atoms with E-state index in [4.69, 9.17) is 8.37 Å². The van der Waals surface area contributed by atoms with Crippen molar-refractivity contribution in [1.29, 1.82) is 0 Å². The Labute approximate surface area is 172 Å². The zero-order chi connectivity index (χ0) is 22.2. The van der Waals surface area contributed by atoms with Crippen LogP contribution in [0.25, 0.3) is 0 Å². The number of halogens is 3. The SMILES string of the molecule is CC(C)CCNC(=O)[C@H](CC(C)C)NC(=O)[C@H]1OSO[C@@H]1C(=O)NCC(F)(F)F. The highest BCUT2D eigenvalue weighted by Crippen LogP contribution is 2.27. The highest BCUT2D eigenvalue weighted by molar-refractivity contribution is 7.90. The number of carbonyl (C=O) groups is 3. The van der Waals surface area contributed by atoms with Crippen molar-refractivity contribution in [2.45, 2.75) is 65.0 Å². The summed E-state index contributed by atoms with van der Waals surface area (Å²) >= 11 is 0.343. The maximum Gasteiger partial charge on any atom is 0.405 e. The third kappa shape index (κ3) is 9.68. The van der Waals surface area contributed by atoms with Crippen molar-refractivity contribution in [1.82, 2.24) is 16.0 Å². The molecule has 1 heterocycles. The van der Waals surface area contributed by atoms with Gasteiger partial charge in [-0.2, -0.15) is 13.2 Å². The molecule has 1 aliphatic heterocycles. The Balaban J connectivity index is 2.71. The van der Waals surface area contributed by atoms with Gasteiger partial charge in [-0.25, -0.2) is 0 Å².